The van der Waals surface area contributed by atoms with Gasteiger partial charge in [0.15, 0.2) is 0 Å². The lowest BCUT2D eigenvalue weighted by atomic mass is 9.77. The summed E-state index contributed by atoms with van der Waals surface area (Å²) < 4.78 is 51.8. The van der Waals surface area contributed by atoms with Crippen molar-refractivity contribution in [3.63, 3.8) is 0 Å². The summed E-state index contributed by atoms with van der Waals surface area (Å²) in [5, 5.41) is 13.9. The predicted molar refractivity (Wildman–Crippen MR) is 215 cm³/mol. The van der Waals surface area contributed by atoms with Gasteiger partial charge < -0.3 is 40.0 Å². The van der Waals surface area contributed by atoms with Crippen LogP contribution < -0.4 is 11.1 Å². The molecule has 5 fully saturated rings. The van der Waals surface area contributed by atoms with Gasteiger partial charge in [0, 0.05) is 72.3 Å². The Morgan fingerprint density at radius 1 is 1.09 bits per heavy atom. The van der Waals surface area contributed by atoms with Crippen LogP contribution in [-0.2, 0) is 27.4 Å². The third kappa shape index (κ3) is 6.78. The van der Waals surface area contributed by atoms with Gasteiger partial charge >= 0.3 is 0 Å². The normalized spacial score (nSPS) is 24.5. The number of nitrogens with two attached hydrogens (primary N) is 1. The topological polar surface area (TPSA) is 124 Å². The Hall–Kier alpha value is -4.02. The average molecular weight is 770 g/mol. The molecule has 300 valence electrons. The number of aliphatic imine (C=N–C) groups is 1. The summed E-state index contributed by atoms with van der Waals surface area (Å²) in [4.78, 5) is 13.3. The van der Waals surface area contributed by atoms with E-state index in [-0.39, 0.29) is 53.4 Å². The number of allylic oxidation sites excluding steroid dienone is 3. The van der Waals surface area contributed by atoms with Crippen molar-refractivity contribution in [3.8, 4) is 6.07 Å². The Morgan fingerprint density at radius 3 is 2.38 bits per heavy atom. The number of amidine groups is 1. The number of nitrogens with zero attached hydrogens (tertiary/aromatic N) is 4. The number of hydrogen-bond donors (Lipinski definition) is 3. The van der Waals surface area contributed by atoms with Crippen molar-refractivity contribution in [3.05, 3.63) is 74.1 Å². The van der Waals surface area contributed by atoms with E-state index in [1.165, 1.54) is 6.08 Å². The van der Waals surface area contributed by atoms with Crippen molar-refractivity contribution in [2.75, 3.05) is 58.3 Å². The highest BCUT2D eigenvalue weighted by atomic mass is 19.1. The van der Waals surface area contributed by atoms with Crippen LogP contribution in [0.2, 0.25) is 0 Å². The highest BCUT2D eigenvalue weighted by Crippen LogP contribution is 2.50. The molecule has 5 aliphatic heterocycles. The van der Waals surface area contributed by atoms with Crippen molar-refractivity contribution in [1.82, 2.24) is 20.1 Å². The van der Waals surface area contributed by atoms with E-state index in [1.54, 1.807) is 6.92 Å². The van der Waals surface area contributed by atoms with Crippen molar-refractivity contribution in [1.29, 1.82) is 5.26 Å². The SMILES string of the molecule is C/C=C(/F)c1[nH]c(N)c(C#N)c1/C(=C(\C)CC)c1c(F)c(C)c(/C(=N\C(=C\CCC)OCC2(CN3CC4(COC4)C3)CC2)N2C3CCC2CNC3)c2c1COC2. The molecule has 8 rings (SSSR count). The third-order valence-corrected chi connectivity index (χ3v) is 13.1. The molecular formula is C44H57F2N7O3. The summed E-state index contributed by atoms with van der Waals surface area (Å²) in [5.74, 6) is 0.361. The fraction of sp³-hybridized carbons (Fsp3) is 0.591. The molecule has 1 aromatic heterocycles. The van der Waals surface area contributed by atoms with Gasteiger partial charge in [0.25, 0.3) is 0 Å². The number of aromatic amines is 1. The minimum Gasteiger partial charge on any atom is -0.477 e. The van der Waals surface area contributed by atoms with E-state index < -0.39 is 11.6 Å². The second kappa shape index (κ2) is 15.4. The number of H-pyrrole nitrogens is 1. The summed E-state index contributed by atoms with van der Waals surface area (Å²) in [7, 11) is 0. The lowest BCUT2D eigenvalue weighted by Gasteiger charge is -2.55. The average Bonchev–Trinajstić information content (AvgIpc) is 3.50. The Kier molecular flexibility index (Phi) is 10.7. The first-order chi connectivity index (χ1) is 27.1. The number of ether oxygens (including phenoxy) is 3. The molecule has 0 radical (unpaired) electrons. The molecule has 1 spiro atoms. The fourth-order valence-electron chi connectivity index (χ4n) is 9.72. The number of rotatable bonds is 13. The summed E-state index contributed by atoms with van der Waals surface area (Å²) in [6.07, 6.45) is 10.0. The van der Waals surface area contributed by atoms with Gasteiger partial charge in [-0.3, -0.25) is 0 Å². The minimum absolute atomic E-state index is 0.0438. The Balaban J connectivity index is 1.24. The number of nitriles is 1. The molecule has 4 saturated heterocycles. The quantitative estimate of drug-likeness (QED) is 0.109. The molecule has 4 N–H and O–H groups in total. The summed E-state index contributed by atoms with van der Waals surface area (Å²) in [6, 6.07) is 2.58. The lowest BCUT2D eigenvalue weighted by Crippen LogP contribution is -2.66. The van der Waals surface area contributed by atoms with E-state index in [0.717, 1.165) is 107 Å². The van der Waals surface area contributed by atoms with E-state index in [1.807, 2.05) is 20.8 Å². The number of halogens is 2. The molecule has 2 aromatic rings. The van der Waals surface area contributed by atoms with E-state index in [9.17, 15) is 5.26 Å². The number of hydrogen-bond acceptors (Lipinski definition) is 8. The van der Waals surface area contributed by atoms with Crippen LogP contribution >= 0.6 is 0 Å². The summed E-state index contributed by atoms with van der Waals surface area (Å²) in [5.41, 5.74) is 11.6. The van der Waals surface area contributed by atoms with E-state index >= 15 is 8.78 Å². The van der Waals surface area contributed by atoms with E-state index in [4.69, 9.17) is 24.9 Å². The predicted octanol–water partition coefficient (Wildman–Crippen LogP) is 7.46. The molecule has 12 heteroatoms. The number of likely N-dealkylation sites (tertiary alicyclic amines) is 1. The maximum absolute atomic E-state index is 17.8. The van der Waals surface area contributed by atoms with E-state index in [0.29, 0.717) is 46.6 Å². The van der Waals surface area contributed by atoms with Gasteiger partial charge in [-0.25, -0.2) is 8.78 Å². The van der Waals surface area contributed by atoms with Gasteiger partial charge in [-0.1, -0.05) is 25.8 Å². The van der Waals surface area contributed by atoms with Crippen LogP contribution in [0.3, 0.4) is 0 Å². The number of benzene rings is 1. The molecule has 1 aromatic carbocycles. The van der Waals surface area contributed by atoms with Crippen molar-refractivity contribution in [2.45, 2.75) is 105 Å². The number of unbranched alkanes of at least 4 members (excludes halogenated alkanes) is 1. The number of aromatic nitrogens is 1. The molecule has 10 nitrogen and oxygen atoms in total. The van der Waals surface area contributed by atoms with Gasteiger partial charge in [-0.05, 0) is 93.7 Å². The number of fused-ring (bicyclic) bond motifs is 3. The molecular weight excluding hydrogens is 713 g/mol. The number of nitrogen functional groups attached to an aromatic ring is 1. The first-order valence-corrected chi connectivity index (χ1v) is 20.6. The summed E-state index contributed by atoms with van der Waals surface area (Å²) >= 11 is 0. The first kappa shape index (κ1) is 38.8. The minimum atomic E-state index is -0.569. The second-order valence-corrected chi connectivity index (χ2v) is 17.2. The molecule has 2 unspecified atom stereocenters. The monoisotopic (exact) mass is 769 g/mol. The van der Waals surface area contributed by atoms with Gasteiger partial charge in [-0.15, -0.1) is 0 Å². The van der Waals surface area contributed by atoms with E-state index in [2.05, 4.69) is 39.2 Å². The lowest BCUT2D eigenvalue weighted by molar-refractivity contribution is -0.192. The maximum atomic E-state index is 17.8. The molecule has 6 aliphatic rings. The molecule has 1 saturated carbocycles. The smallest absolute Gasteiger partial charge is 0.211 e. The number of piperazine rings is 1. The molecule has 56 heavy (non-hydrogen) atoms. The Morgan fingerprint density at radius 2 is 1.79 bits per heavy atom. The maximum Gasteiger partial charge on any atom is 0.211 e. The molecule has 0 amide bonds. The van der Waals surface area contributed by atoms with Crippen LogP contribution in [0, 0.1) is 34.9 Å². The van der Waals surface area contributed by atoms with Gasteiger partial charge in [0.1, 0.15) is 34.9 Å². The van der Waals surface area contributed by atoms with Crippen molar-refractivity contribution >= 4 is 23.1 Å². The van der Waals surface area contributed by atoms with Gasteiger partial charge in [0.05, 0.1) is 38.7 Å². The molecule has 1 aliphatic carbocycles. The van der Waals surface area contributed by atoms with Crippen LogP contribution in [0.25, 0.3) is 11.4 Å². The van der Waals surface area contributed by atoms with Gasteiger partial charge in [0.2, 0.25) is 5.88 Å². The van der Waals surface area contributed by atoms with Crippen molar-refractivity contribution < 1.29 is 23.0 Å². The van der Waals surface area contributed by atoms with Crippen LogP contribution in [0.15, 0.2) is 28.6 Å². The zero-order chi connectivity index (χ0) is 39.4. The second-order valence-electron chi connectivity index (χ2n) is 17.2. The van der Waals surface area contributed by atoms with Crippen LogP contribution in [0.5, 0.6) is 0 Å². The highest BCUT2D eigenvalue weighted by Gasteiger charge is 2.53. The highest BCUT2D eigenvalue weighted by molar-refractivity contribution is 6.04. The zero-order valence-corrected chi connectivity index (χ0v) is 33.7. The fourth-order valence-corrected chi connectivity index (χ4v) is 9.72. The standard InChI is InChI=1S/C44H57F2N7O3/c1-6-9-10-34(56-25-43(13-14-43)20-52-21-44(22-52)23-55-24-44)50-42(53-28-11-12-29(53)17-49-16-28)36-27(5)39(46)37(32-19-54-18-31(32)36)35(26(4)7-2)38-30(15-47)41(48)51-40(38)33(45)8-3/h8,10,28-29,49,51H,6-7,9,11-14,16-25,48H2,1-5H3/b33-8+,34-10-,35-26+,50-42+. The van der Waals surface area contributed by atoms with Crippen LogP contribution in [0.1, 0.15) is 117 Å². The summed E-state index contributed by atoms with van der Waals surface area (Å²) in [6.45, 7) is 17.1. The van der Waals surface area contributed by atoms with Crippen LogP contribution in [0.4, 0.5) is 14.6 Å². The number of nitrogens with one attached hydrogen (secondary N) is 2. The van der Waals surface area contributed by atoms with Crippen molar-refractivity contribution in [2.24, 2.45) is 15.8 Å². The largest absolute Gasteiger partial charge is 0.477 e. The molecule has 6 heterocycles. The third-order valence-electron chi connectivity index (χ3n) is 13.1. The Labute approximate surface area is 329 Å². The first-order valence-electron chi connectivity index (χ1n) is 20.6. The molecule has 2 atom stereocenters. The Bertz CT molecular complexity index is 2030. The van der Waals surface area contributed by atoms with Crippen LogP contribution in [-0.4, -0.2) is 85.2 Å². The van der Waals surface area contributed by atoms with Gasteiger partial charge in [-0.2, -0.15) is 10.3 Å². The zero-order valence-electron chi connectivity index (χ0n) is 33.7. The number of anilines is 1. The molecule has 2 bridgehead atoms.